The molecule has 0 aromatic heterocycles. The summed E-state index contributed by atoms with van der Waals surface area (Å²) in [6, 6.07) is 3.86. The zero-order valence-electron chi connectivity index (χ0n) is 14.9. The summed E-state index contributed by atoms with van der Waals surface area (Å²) in [6.45, 7) is 8.89. The van der Waals surface area contributed by atoms with Crippen molar-refractivity contribution < 1.29 is 14.2 Å². The summed E-state index contributed by atoms with van der Waals surface area (Å²) in [5.41, 5.74) is 0.996. The highest BCUT2D eigenvalue weighted by Gasteiger charge is 2.13. The summed E-state index contributed by atoms with van der Waals surface area (Å²) in [6.07, 6.45) is 1.05. The first kappa shape index (κ1) is 18.9. The summed E-state index contributed by atoms with van der Waals surface area (Å²) in [5, 5.41) is 6.51. The van der Waals surface area contributed by atoms with Crippen molar-refractivity contribution in [3.63, 3.8) is 0 Å². The Hall–Kier alpha value is -2.11. The lowest BCUT2D eigenvalue weighted by atomic mass is 10.2. The van der Waals surface area contributed by atoms with Gasteiger partial charge in [-0.05, 0) is 38.0 Å². The average molecular weight is 323 g/mol. The number of benzene rings is 1. The molecule has 130 valence electrons. The molecule has 0 aliphatic rings. The molecular formula is C17H29N3O3. The van der Waals surface area contributed by atoms with Gasteiger partial charge < -0.3 is 24.8 Å². The van der Waals surface area contributed by atoms with E-state index in [1.165, 1.54) is 0 Å². The van der Waals surface area contributed by atoms with Gasteiger partial charge in [-0.25, -0.2) is 4.99 Å². The fraction of sp³-hybridized carbons (Fsp3) is 0.588. The van der Waals surface area contributed by atoms with Crippen LogP contribution in [0.3, 0.4) is 0 Å². The van der Waals surface area contributed by atoms with Gasteiger partial charge in [0.2, 0.25) is 5.75 Å². The minimum Gasteiger partial charge on any atom is -0.493 e. The van der Waals surface area contributed by atoms with E-state index in [1.807, 2.05) is 26.0 Å². The topological polar surface area (TPSA) is 64.1 Å². The summed E-state index contributed by atoms with van der Waals surface area (Å²) >= 11 is 0. The van der Waals surface area contributed by atoms with E-state index in [2.05, 4.69) is 22.5 Å². The van der Waals surface area contributed by atoms with Gasteiger partial charge in [0.05, 0.1) is 27.4 Å². The molecule has 0 atom stereocenters. The molecule has 0 aliphatic heterocycles. The quantitative estimate of drug-likeness (QED) is 0.540. The number of methoxy groups -OCH3 is 2. The van der Waals surface area contributed by atoms with Gasteiger partial charge in [-0.2, -0.15) is 0 Å². The van der Waals surface area contributed by atoms with Crippen LogP contribution in [0.5, 0.6) is 17.2 Å². The average Bonchev–Trinajstić information content (AvgIpc) is 2.58. The number of hydrogen-bond acceptors (Lipinski definition) is 4. The van der Waals surface area contributed by atoms with Crippen LogP contribution < -0.4 is 24.8 Å². The largest absolute Gasteiger partial charge is 0.493 e. The Morgan fingerprint density at radius 1 is 1.04 bits per heavy atom. The molecule has 0 radical (unpaired) electrons. The number of hydrogen-bond donors (Lipinski definition) is 2. The Balaban J connectivity index is 2.98. The van der Waals surface area contributed by atoms with Crippen LogP contribution in [-0.4, -0.2) is 39.9 Å². The molecule has 1 aromatic carbocycles. The molecule has 0 heterocycles. The summed E-state index contributed by atoms with van der Waals surface area (Å²) in [4.78, 5) is 4.59. The van der Waals surface area contributed by atoms with E-state index in [1.54, 1.807) is 14.2 Å². The molecule has 0 bridgehead atoms. The summed E-state index contributed by atoms with van der Waals surface area (Å²) in [5.74, 6) is 2.74. The first-order valence-electron chi connectivity index (χ1n) is 8.09. The van der Waals surface area contributed by atoms with Gasteiger partial charge in [0.1, 0.15) is 0 Å². The highest BCUT2D eigenvalue weighted by Crippen LogP contribution is 2.38. The highest BCUT2D eigenvalue weighted by atomic mass is 16.5. The Labute approximate surface area is 139 Å². The van der Waals surface area contributed by atoms with E-state index in [-0.39, 0.29) is 0 Å². The van der Waals surface area contributed by atoms with Crippen molar-refractivity contribution >= 4 is 5.96 Å². The highest BCUT2D eigenvalue weighted by molar-refractivity contribution is 5.79. The Morgan fingerprint density at radius 2 is 1.70 bits per heavy atom. The Kier molecular flexibility index (Phi) is 8.72. The number of ether oxygens (including phenoxy) is 3. The number of guanidine groups is 1. The second kappa shape index (κ2) is 10.6. The van der Waals surface area contributed by atoms with Crippen LogP contribution in [0.2, 0.25) is 0 Å². The van der Waals surface area contributed by atoms with Crippen molar-refractivity contribution in [2.24, 2.45) is 4.99 Å². The van der Waals surface area contributed by atoms with Crippen molar-refractivity contribution in [2.45, 2.75) is 33.7 Å². The van der Waals surface area contributed by atoms with Gasteiger partial charge in [-0.1, -0.05) is 6.92 Å². The molecule has 0 spiro atoms. The maximum Gasteiger partial charge on any atom is 0.203 e. The fourth-order valence-electron chi connectivity index (χ4n) is 2.07. The monoisotopic (exact) mass is 323 g/mol. The second-order valence-corrected chi connectivity index (χ2v) is 4.88. The first-order valence-corrected chi connectivity index (χ1v) is 8.09. The normalized spacial score (nSPS) is 11.1. The molecule has 23 heavy (non-hydrogen) atoms. The molecule has 6 nitrogen and oxygen atoms in total. The molecule has 1 rings (SSSR count). The van der Waals surface area contributed by atoms with Gasteiger partial charge in [0.15, 0.2) is 17.5 Å². The van der Waals surface area contributed by atoms with Crippen molar-refractivity contribution in [3.05, 3.63) is 17.7 Å². The lowest BCUT2D eigenvalue weighted by Gasteiger charge is -2.15. The number of rotatable bonds is 9. The molecule has 0 unspecified atom stereocenters. The lowest BCUT2D eigenvalue weighted by Crippen LogP contribution is -2.37. The third-order valence-corrected chi connectivity index (χ3v) is 3.12. The van der Waals surface area contributed by atoms with E-state index >= 15 is 0 Å². The van der Waals surface area contributed by atoms with Gasteiger partial charge in [0, 0.05) is 13.1 Å². The minimum absolute atomic E-state index is 0.526. The maximum atomic E-state index is 5.61. The van der Waals surface area contributed by atoms with Crippen molar-refractivity contribution in [3.8, 4) is 17.2 Å². The minimum atomic E-state index is 0.526. The van der Waals surface area contributed by atoms with Crippen LogP contribution in [-0.2, 0) is 6.54 Å². The predicted molar refractivity (Wildman–Crippen MR) is 93.8 cm³/mol. The van der Waals surface area contributed by atoms with Crippen LogP contribution in [0.15, 0.2) is 17.1 Å². The Morgan fingerprint density at radius 3 is 2.17 bits per heavy atom. The van der Waals surface area contributed by atoms with Gasteiger partial charge >= 0.3 is 0 Å². The molecule has 0 aliphatic carbocycles. The molecule has 1 aromatic rings. The maximum absolute atomic E-state index is 5.61. The fourth-order valence-corrected chi connectivity index (χ4v) is 2.07. The van der Waals surface area contributed by atoms with Crippen LogP contribution in [0.4, 0.5) is 0 Å². The lowest BCUT2D eigenvalue weighted by molar-refractivity contribution is 0.288. The first-order chi connectivity index (χ1) is 11.2. The molecule has 0 amide bonds. The van der Waals surface area contributed by atoms with Crippen LogP contribution in [0, 0.1) is 0 Å². The van der Waals surface area contributed by atoms with Gasteiger partial charge in [0.25, 0.3) is 0 Å². The van der Waals surface area contributed by atoms with Crippen LogP contribution in [0.25, 0.3) is 0 Å². The third kappa shape index (κ3) is 5.88. The third-order valence-electron chi connectivity index (χ3n) is 3.12. The molecule has 0 saturated carbocycles. The second-order valence-electron chi connectivity index (χ2n) is 4.88. The van der Waals surface area contributed by atoms with Crippen LogP contribution in [0.1, 0.15) is 32.8 Å². The smallest absolute Gasteiger partial charge is 0.203 e. The van der Waals surface area contributed by atoms with E-state index in [0.29, 0.717) is 30.4 Å². The zero-order valence-corrected chi connectivity index (χ0v) is 14.9. The molecule has 0 fully saturated rings. The summed E-state index contributed by atoms with van der Waals surface area (Å²) < 4.78 is 16.4. The predicted octanol–water partition coefficient (Wildman–Crippen LogP) is 2.57. The zero-order chi connectivity index (χ0) is 17.1. The number of nitrogens with zero attached hydrogens (tertiary/aromatic N) is 1. The van der Waals surface area contributed by atoms with E-state index in [9.17, 15) is 0 Å². The SMILES string of the molecule is CCCNC(=NCc1cc(OC)c(OCC)c(OC)c1)NCC. The van der Waals surface area contributed by atoms with Crippen LogP contribution >= 0.6 is 0 Å². The molecule has 0 saturated heterocycles. The standard InChI is InChI=1S/C17H29N3O3/c1-6-9-19-17(18-7-2)20-12-13-10-14(21-4)16(23-8-3)15(11-13)22-5/h10-11H,6-9,12H2,1-5H3,(H2,18,19,20). The van der Waals surface area contributed by atoms with E-state index in [0.717, 1.165) is 31.0 Å². The van der Waals surface area contributed by atoms with E-state index in [4.69, 9.17) is 14.2 Å². The number of aliphatic imine (C=N–C) groups is 1. The van der Waals surface area contributed by atoms with Crippen molar-refractivity contribution in [2.75, 3.05) is 33.9 Å². The van der Waals surface area contributed by atoms with Gasteiger partial charge in [-0.3, -0.25) is 0 Å². The molecular weight excluding hydrogens is 294 g/mol. The summed E-state index contributed by atoms with van der Waals surface area (Å²) in [7, 11) is 3.24. The van der Waals surface area contributed by atoms with Crippen molar-refractivity contribution in [1.29, 1.82) is 0 Å². The van der Waals surface area contributed by atoms with Gasteiger partial charge in [-0.15, -0.1) is 0 Å². The molecule has 2 N–H and O–H groups in total. The molecule has 6 heteroatoms. The van der Waals surface area contributed by atoms with E-state index < -0.39 is 0 Å². The van der Waals surface area contributed by atoms with Crippen molar-refractivity contribution in [1.82, 2.24) is 10.6 Å². The Bertz CT molecular complexity index is 479. The number of nitrogens with one attached hydrogen (secondary N) is 2.